The highest BCUT2D eigenvalue weighted by molar-refractivity contribution is 5.80. The van der Waals surface area contributed by atoms with E-state index >= 15 is 0 Å². The summed E-state index contributed by atoms with van der Waals surface area (Å²) in [4.78, 5) is 10.4. The first-order chi connectivity index (χ1) is 13.4. The van der Waals surface area contributed by atoms with Crippen LogP contribution >= 0.6 is 0 Å². The molecule has 3 heterocycles. The van der Waals surface area contributed by atoms with Crippen LogP contribution in [0.2, 0.25) is 0 Å². The molecule has 0 aromatic carbocycles. The number of likely N-dealkylation sites (tertiary alicyclic amines) is 1. The SMILES string of the molecule is CCN=C(NC1CCN(CC(F)(F)F)C1)NC1CCc2nc(COC)nn2C1. The van der Waals surface area contributed by atoms with E-state index in [0.717, 1.165) is 18.7 Å². The predicted molar refractivity (Wildman–Crippen MR) is 98.0 cm³/mol. The summed E-state index contributed by atoms with van der Waals surface area (Å²) in [5, 5.41) is 11.2. The fourth-order valence-corrected chi connectivity index (χ4v) is 3.69. The lowest BCUT2D eigenvalue weighted by molar-refractivity contribution is -0.143. The molecule has 0 bridgehead atoms. The first-order valence-corrected chi connectivity index (χ1v) is 9.64. The molecule has 11 heteroatoms. The van der Waals surface area contributed by atoms with Crippen LogP contribution in [-0.2, 0) is 24.3 Å². The number of nitrogens with one attached hydrogen (secondary N) is 2. The van der Waals surface area contributed by atoms with Gasteiger partial charge >= 0.3 is 6.18 Å². The molecule has 2 N–H and O–H groups in total. The van der Waals surface area contributed by atoms with Gasteiger partial charge < -0.3 is 15.4 Å². The number of alkyl halides is 3. The van der Waals surface area contributed by atoms with Crippen LogP contribution in [0.3, 0.4) is 0 Å². The fourth-order valence-electron chi connectivity index (χ4n) is 3.69. The van der Waals surface area contributed by atoms with Gasteiger partial charge in [0.1, 0.15) is 12.4 Å². The molecule has 8 nitrogen and oxygen atoms in total. The highest BCUT2D eigenvalue weighted by Gasteiger charge is 2.34. The van der Waals surface area contributed by atoms with E-state index in [0.29, 0.717) is 51.0 Å². The molecule has 2 atom stereocenters. The van der Waals surface area contributed by atoms with Crippen molar-refractivity contribution in [2.45, 2.75) is 57.6 Å². The Hall–Kier alpha value is -1.88. The van der Waals surface area contributed by atoms with Crippen LogP contribution in [0.15, 0.2) is 4.99 Å². The molecule has 158 valence electrons. The van der Waals surface area contributed by atoms with Gasteiger partial charge in [-0.05, 0) is 19.8 Å². The molecule has 3 rings (SSSR count). The van der Waals surface area contributed by atoms with Crippen molar-refractivity contribution in [3.63, 3.8) is 0 Å². The van der Waals surface area contributed by atoms with Crippen molar-refractivity contribution < 1.29 is 17.9 Å². The molecule has 0 radical (unpaired) electrons. The normalized spacial score (nSPS) is 23.7. The number of rotatable bonds is 6. The summed E-state index contributed by atoms with van der Waals surface area (Å²) in [7, 11) is 1.61. The average molecular weight is 403 g/mol. The van der Waals surface area contributed by atoms with Crippen LogP contribution in [0, 0.1) is 0 Å². The van der Waals surface area contributed by atoms with E-state index < -0.39 is 12.7 Å². The second kappa shape index (κ2) is 9.08. The Morgan fingerprint density at radius 2 is 2.00 bits per heavy atom. The number of aliphatic imine (C=N–C) groups is 1. The quantitative estimate of drug-likeness (QED) is 0.544. The standard InChI is InChI=1S/C17H28F3N7O/c1-3-21-16(23-13-6-7-26(8-13)11-17(18,19)20)22-12-4-5-15-24-14(10-28-2)25-27(15)9-12/h12-13H,3-11H2,1-2H3,(H2,21,22,23). The fraction of sp³-hybridized carbons (Fsp3) is 0.824. The number of halogens is 3. The molecule has 2 aliphatic rings. The molecule has 0 saturated carbocycles. The topological polar surface area (TPSA) is 79.6 Å². The minimum absolute atomic E-state index is 0.0426. The molecule has 1 aromatic heterocycles. The first kappa shape index (κ1) is 20.8. The molecule has 1 fully saturated rings. The number of fused-ring (bicyclic) bond motifs is 1. The Balaban J connectivity index is 1.53. The third-order valence-corrected chi connectivity index (χ3v) is 4.85. The first-order valence-electron chi connectivity index (χ1n) is 9.64. The minimum atomic E-state index is -4.16. The number of aromatic nitrogens is 3. The van der Waals surface area contributed by atoms with E-state index in [1.165, 1.54) is 4.90 Å². The summed E-state index contributed by atoms with van der Waals surface area (Å²) < 4.78 is 44.7. The van der Waals surface area contributed by atoms with Gasteiger partial charge in [-0.2, -0.15) is 18.3 Å². The van der Waals surface area contributed by atoms with E-state index in [1.54, 1.807) is 7.11 Å². The number of hydrogen-bond acceptors (Lipinski definition) is 5. The summed E-state index contributed by atoms with van der Waals surface area (Å²) in [6.07, 6.45) is -1.80. The number of aryl methyl sites for hydroxylation is 1. The Labute approximate surface area is 162 Å². The molecule has 1 saturated heterocycles. The van der Waals surface area contributed by atoms with E-state index in [-0.39, 0.29) is 12.1 Å². The number of hydrogen-bond donors (Lipinski definition) is 2. The van der Waals surface area contributed by atoms with Gasteiger partial charge in [0.05, 0.1) is 13.1 Å². The lowest BCUT2D eigenvalue weighted by atomic mass is 10.1. The van der Waals surface area contributed by atoms with Gasteiger partial charge in [-0.25, -0.2) is 9.67 Å². The third-order valence-electron chi connectivity index (χ3n) is 4.85. The molecular formula is C17H28F3N7O. The number of methoxy groups -OCH3 is 1. The maximum Gasteiger partial charge on any atom is 0.401 e. The van der Waals surface area contributed by atoms with Gasteiger partial charge in [-0.1, -0.05) is 0 Å². The Kier molecular flexibility index (Phi) is 6.76. The second-order valence-corrected chi connectivity index (χ2v) is 7.24. The molecule has 0 amide bonds. The summed E-state index contributed by atoms with van der Waals surface area (Å²) >= 11 is 0. The lowest BCUT2D eigenvalue weighted by Gasteiger charge is -2.27. The van der Waals surface area contributed by atoms with Crippen LogP contribution in [0.1, 0.15) is 31.4 Å². The molecular weight excluding hydrogens is 375 g/mol. The third kappa shape index (κ3) is 5.81. The van der Waals surface area contributed by atoms with Crippen molar-refractivity contribution in [2.75, 3.05) is 33.3 Å². The van der Waals surface area contributed by atoms with E-state index in [4.69, 9.17) is 4.74 Å². The highest BCUT2D eigenvalue weighted by Crippen LogP contribution is 2.20. The van der Waals surface area contributed by atoms with Crippen LogP contribution in [0.5, 0.6) is 0 Å². The summed E-state index contributed by atoms with van der Waals surface area (Å²) in [5.74, 6) is 2.27. The van der Waals surface area contributed by atoms with Crippen LogP contribution < -0.4 is 10.6 Å². The maximum absolute atomic E-state index is 12.6. The van der Waals surface area contributed by atoms with Crippen LogP contribution in [0.4, 0.5) is 13.2 Å². The monoisotopic (exact) mass is 403 g/mol. The van der Waals surface area contributed by atoms with E-state index in [2.05, 4.69) is 25.7 Å². The van der Waals surface area contributed by atoms with E-state index in [9.17, 15) is 13.2 Å². The van der Waals surface area contributed by atoms with Gasteiger partial charge in [0, 0.05) is 45.2 Å². The number of guanidine groups is 1. The maximum atomic E-state index is 12.6. The van der Waals surface area contributed by atoms with Gasteiger partial charge in [0.2, 0.25) is 0 Å². The van der Waals surface area contributed by atoms with Gasteiger partial charge in [0.25, 0.3) is 0 Å². The smallest absolute Gasteiger partial charge is 0.377 e. The van der Waals surface area contributed by atoms with Crippen molar-refractivity contribution in [2.24, 2.45) is 4.99 Å². The van der Waals surface area contributed by atoms with Gasteiger partial charge in [-0.15, -0.1) is 0 Å². The Morgan fingerprint density at radius 3 is 2.68 bits per heavy atom. The van der Waals surface area contributed by atoms with Gasteiger partial charge in [0.15, 0.2) is 11.8 Å². The summed E-state index contributed by atoms with van der Waals surface area (Å²) in [5.41, 5.74) is 0. The zero-order valence-electron chi connectivity index (χ0n) is 16.3. The Bertz CT molecular complexity index is 676. The lowest BCUT2D eigenvalue weighted by Crippen LogP contribution is -2.50. The van der Waals surface area contributed by atoms with Gasteiger partial charge in [-0.3, -0.25) is 9.89 Å². The Morgan fingerprint density at radius 1 is 1.25 bits per heavy atom. The molecule has 28 heavy (non-hydrogen) atoms. The average Bonchev–Trinajstić information content (AvgIpc) is 3.19. The largest absolute Gasteiger partial charge is 0.401 e. The highest BCUT2D eigenvalue weighted by atomic mass is 19.4. The summed E-state index contributed by atoms with van der Waals surface area (Å²) in [6.45, 7) is 3.52. The van der Waals surface area contributed by atoms with Crippen molar-refractivity contribution in [3.8, 4) is 0 Å². The zero-order chi connectivity index (χ0) is 20.1. The molecule has 1 aromatic rings. The van der Waals surface area contributed by atoms with Crippen molar-refractivity contribution in [3.05, 3.63) is 11.6 Å². The van der Waals surface area contributed by atoms with Crippen molar-refractivity contribution >= 4 is 5.96 Å². The molecule has 0 aliphatic carbocycles. The molecule has 2 unspecified atom stereocenters. The molecule has 2 aliphatic heterocycles. The van der Waals surface area contributed by atoms with Crippen molar-refractivity contribution in [1.29, 1.82) is 0 Å². The zero-order valence-corrected chi connectivity index (χ0v) is 16.3. The van der Waals surface area contributed by atoms with E-state index in [1.807, 2.05) is 11.6 Å². The summed E-state index contributed by atoms with van der Waals surface area (Å²) in [6, 6.07) is 0.0917. The second-order valence-electron chi connectivity index (χ2n) is 7.24. The number of ether oxygens (including phenoxy) is 1. The number of nitrogens with zero attached hydrogens (tertiary/aromatic N) is 5. The van der Waals surface area contributed by atoms with Crippen LogP contribution in [0.25, 0.3) is 0 Å². The predicted octanol–water partition coefficient (Wildman–Crippen LogP) is 0.931. The van der Waals surface area contributed by atoms with Crippen molar-refractivity contribution in [1.82, 2.24) is 30.3 Å². The minimum Gasteiger partial charge on any atom is -0.377 e. The molecule has 0 spiro atoms. The van der Waals surface area contributed by atoms with Crippen LogP contribution in [-0.4, -0.2) is 77.2 Å².